The lowest BCUT2D eigenvalue weighted by molar-refractivity contribution is 0.208. The molecule has 1 saturated heterocycles. The summed E-state index contributed by atoms with van der Waals surface area (Å²) in [7, 11) is 0. The lowest BCUT2D eigenvalue weighted by atomic mass is 10.1. The van der Waals surface area contributed by atoms with Crippen LogP contribution in [0, 0.1) is 5.92 Å². The number of likely N-dealkylation sites (N-methyl/N-ethyl adjacent to an activating group) is 1. The molecule has 4 heteroatoms. The highest BCUT2D eigenvalue weighted by molar-refractivity contribution is 4.72. The zero-order valence-corrected chi connectivity index (χ0v) is 13.3. The van der Waals surface area contributed by atoms with E-state index in [0.717, 1.165) is 6.54 Å². The highest BCUT2D eigenvalue weighted by Crippen LogP contribution is 2.06. The van der Waals surface area contributed by atoms with Crippen molar-refractivity contribution >= 4 is 0 Å². The van der Waals surface area contributed by atoms with Gasteiger partial charge >= 0.3 is 0 Å². The van der Waals surface area contributed by atoms with E-state index in [9.17, 15) is 0 Å². The molecule has 1 heterocycles. The van der Waals surface area contributed by atoms with E-state index in [1.54, 1.807) is 0 Å². The Morgan fingerprint density at radius 3 is 2.32 bits per heavy atom. The van der Waals surface area contributed by atoms with Gasteiger partial charge in [0, 0.05) is 32.7 Å². The van der Waals surface area contributed by atoms with Gasteiger partial charge in [-0.2, -0.15) is 0 Å². The lowest BCUT2D eigenvalue weighted by Crippen LogP contribution is -2.38. The molecular weight excluding hydrogens is 236 g/mol. The van der Waals surface area contributed by atoms with Crippen molar-refractivity contribution in [2.75, 3.05) is 65.4 Å². The Kier molecular flexibility index (Phi) is 8.62. The van der Waals surface area contributed by atoms with Crippen LogP contribution in [0.2, 0.25) is 0 Å². The van der Waals surface area contributed by atoms with Gasteiger partial charge in [-0.1, -0.05) is 20.8 Å². The lowest BCUT2D eigenvalue weighted by Gasteiger charge is -2.26. The van der Waals surface area contributed by atoms with Gasteiger partial charge in [-0.15, -0.1) is 0 Å². The van der Waals surface area contributed by atoms with Crippen LogP contribution >= 0.6 is 0 Å². The van der Waals surface area contributed by atoms with Crippen LogP contribution in [-0.2, 0) is 0 Å². The van der Waals surface area contributed by atoms with E-state index in [2.05, 4.69) is 35.5 Å². The molecule has 0 aromatic carbocycles. The number of nitrogens with two attached hydrogens (primary N) is 1. The minimum absolute atomic E-state index is 0.627. The Bertz CT molecular complexity index is 218. The number of hydrogen-bond acceptors (Lipinski definition) is 4. The molecule has 0 aliphatic carbocycles. The first-order valence-electron chi connectivity index (χ1n) is 8.06. The standard InChI is InChI=1S/C15H34N4/c1-4-17(5-2)9-10-18-7-6-8-19(12-11-18)14-15(3)13-16/h15H,4-14,16H2,1-3H3. The minimum atomic E-state index is 0.627. The van der Waals surface area contributed by atoms with Gasteiger partial charge in [-0.25, -0.2) is 0 Å². The predicted molar refractivity (Wildman–Crippen MR) is 83.5 cm³/mol. The molecule has 0 spiro atoms. The van der Waals surface area contributed by atoms with Gasteiger partial charge in [-0.3, -0.25) is 0 Å². The van der Waals surface area contributed by atoms with Crippen molar-refractivity contribution < 1.29 is 0 Å². The van der Waals surface area contributed by atoms with E-state index in [1.165, 1.54) is 65.3 Å². The molecule has 0 aromatic heterocycles. The molecule has 1 fully saturated rings. The largest absolute Gasteiger partial charge is 0.330 e. The Balaban J connectivity index is 2.25. The first-order chi connectivity index (χ1) is 9.19. The number of hydrogen-bond donors (Lipinski definition) is 1. The molecule has 0 aromatic rings. The summed E-state index contributed by atoms with van der Waals surface area (Å²) in [6.45, 7) is 18.4. The Hall–Kier alpha value is -0.160. The molecule has 1 aliphatic rings. The normalized spacial score (nSPS) is 20.7. The van der Waals surface area contributed by atoms with Crippen LogP contribution in [0.5, 0.6) is 0 Å². The van der Waals surface area contributed by atoms with Crippen LogP contribution in [0.1, 0.15) is 27.2 Å². The van der Waals surface area contributed by atoms with Crippen molar-refractivity contribution in [1.82, 2.24) is 14.7 Å². The summed E-state index contributed by atoms with van der Waals surface area (Å²) in [5.41, 5.74) is 5.72. The van der Waals surface area contributed by atoms with Crippen LogP contribution in [0.15, 0.2) is 0 Å². The summed E-state index contributed by atoms with van der Waals surface area (Å²) in [4.78, 5) is 7.74. The Morgan fingerprint density at radius 1 is 1.05 bits per heavy atom. The quantitative estimate of drug-likeness (QED) is 0.712. The predicted octanol–water partition coefficient (Wildman–Crippen LogP) is 0.931. The van der Waals surface area contributed by atoms with Crippen molar-refractivity contribution in [2.45, 2.75) is 27.2 Å². The van der Waals surface area contributed by atoms with Crippen LogP contribution in [-0.4, -0.2) is 80.1 Å². The first-order valence-corrected chi connectivity index (χ1v) is 8.06. The molecule has 0 radical (unpaired) electrons. The summed E-state index contributed by atoms with van der Waals surface area (Å²) in [5.74, 6) is 0.627. The van der Waals surface area contributed by atoms with Gasteiger partial charge in [0.2, 0.25) is 0 Å². The maximum Gasteiger partial charge on any atom is 0.0110 e. The van der Waals surface area contributed by atoms with Crippen molar-refractivity contribution in [2.24, 2.45) is 11.7 Å². The average molecular weight is 270 g/mol. The van der Waals surface area contributed by atoms with Gasteiger partial charge in [0.15, 0.2) is 0 Å². The zero-order valence-electron chi connectivity index (χ0n) is 13.3. The zero-order chi connectivity index (χ0) is 14.1. The second kappa shape index (κ2) is 9.70. The number of rotatable bonds is 8. The Labute approximate surface area is 119 Å². The van der Waals surface area contributed by atoms with Gasteiger partial charge < -0.3 is 20.4 Å². The van der Waals surface area contributed by atoms with Crippen molar-refractivity contribution in [3.63, 3.8) is 0 Å². The van der Waals surface area contributed by atoms with Gasteiger partial charge in [-0.05, 0) is 45.1 Å². The van der Waals surface area contributed by atoms with Crippen LogP contribution in [0.3, 0.4) is 0 Å². The molecule has 1 rings (SSSR count). The summed E-state index contributed by atoms with van der Waals surface area (Å²) in [6, 6.07) is 0. The van der Waals surface area contributed by atoms with Crippen molar-refractivity contribution in [1.29, 1.82) is 0 Å². The van der Waals surface area contributed by atoms with Gasteiger partial charge in [0.25, 0.3) is 0 Å². The Morgan fingerprint density at radius 2 is 1.68 bits per heavy atom. The molecule has 1 atom stereocenters. The molecule has 0 saturated carbocycles. The molecule has 19 heavy (non-hydrogen) atoms. The summed E-state index contributed by atoms with van der Waals surface area (Å²) in [6.07, 6.45) is 1.30. The molecule has 114 valence electrons. The van der Waals surface area contributed by atoms with E-state index in [1.807, 2.05) is 0 Å². The van der Waals surface area contributed by atoms with Gasteiger partial charge in [0.05, 0.1) is 0 Å². The third kappa shape index (κ3) is 6.70. The van der Waals surface area contributed by atoms with E-state index in [4.69, 9.17) is 5.73 Å². The van der Waals surface area contributed by atoms with Gasteiger partial charge in [0.1, 0.15) is 0 Å². The van der Waals surface area contributed by atoms with E-state index in [0.29, 0.717) is 5.92 Å². The van der Waals surface area contributed by atoms with E-state index >= 15 is 0 Å². The fourth-order valence-corrected chi connectivity index (χ4v) is 2.77. The van der Waals surface area contributed by atoms with Crippen LogP contribution in [0.4, 0.5) is 0 Å². The molecular formula is C15H34N4. The van der Waals surface area contributed by atoms with E-state index < -0.39 is 0 Å². The molecule has 2 N–H and O–H groups in total. The fraction of sp³-hybridized carbons (Fsp3) is 1.00. The van der Waals surface area contributed by atoms with Crippen LogP contribution in [0.25, 0.3) is 0 Å². The van der Waals surface area contributed by atoms with Crippen molar-refractivity contribution in [3.8, 4) is 0 Å². The SMILES string of the molecule is CCN(CC)CCN1CCCN(CC(C)CN)CC1. The molecule has 4 nitrogen and oxygen atoms in total. The summed E-state index contributed by atoms with van der Waals surface area (Å²) in [5, 5.41) is 0. The van der Waals surface area contributed by atoms with Crippen molar-refractivity contribution in [3.05, 3.63) is 0 Å². The second-order valence-corrected chi connectivity index (χ2v) is 5.86. The smallest absolute Gasteiger partial charge is 0.0110 e. The molecule has 0 bridgehead atoms. The third-order valence-corrected chi connectivity index (χ3v) is 4.28. The summed E-state index contributed by atoms with van der Waals surface area (Å²) >= 11 is 0. The van der Waals surface area contributed by atoms with E-state index in [-0.39, 0.29) is 0 Å². The summed E-state index contributed by atoms with van der Waals surface area (Å²) < 4.78 is 0. The fourth-order valence-electron chi connectivity index (χ4n) is 2.77. The number of nitrogens with zero attached hydrogens (tertiary/aromatic N) is 3. The van der Waals surface area contributed by atoms with Crippen LogP contribution < -0.4 is 5.73 Å². The highest BCUT2D eigenvalue weighted by atomic mass is 15.2. The molecule has 1 aliphatic heterocycles. The minimum Gasteiger partial charge on any atom is -0.330 e. The monoisotopic (exact) mass is 270 g/mol. The third-order valence-electron chi connectivity index (χ3n) is 4.28. The first kappa shape index (κ1) is 16.9. The average Bonchev–Trinajstić information content (AvgIpc) is 2.65. The highest BCUT2D eigenvalue weighted by Gasteiger charge is 2.16. The molecule has 0 amide bonds. The topological polar surface area (TPSA) is 35.7 Å². The molecule has 1 unspecified atom stereocenters. The maximum absolute atomic E-state index is 5.72. The maximum atomic E-state index is 5.72. The second-order valence-electron chi connectivity index (χ2n) is 5.86.